The van der Waals surface area contributed by atoms with Crippen molar-refractivity contribution in [1.82, 2.24) is 0 Å². The summed E-state index contributed by atoms with van der Waals surface area (Å²) in [4.78, 5) is 0. The van der Waals surface area contributed by atoms with E-state index in [-0.39, 0.29) is 18.6 Å². The van der Waals surface area contributed by atoms with Gasteiger partial charge in [0.15, 0.2) is 0 Å². The molecule has 0 aliphatic carbocycles. The maximum atomic E-state index is 10.2. The molecule has 0 aromatic heterocycles. The van der Waals surface area contributed by atoms with Crippen LogP contribution in [0.3, 0.4) is 0 Å². The van der Waals surface area contributed by atoms with E-state index in [0.717, 1.165) is 5.56 Å². The molecule has 0 aliphatic heterocycles. The van der Waals surface area contributed by atoms with Gasteiger partial charge >= 0.3 is 0 Å². The molecule has 1 rings (SSSR count). The summed E-state index contributed by atoms with van der Waals surface area (Å²) >= 11 is 0. The van der Waals surface area contributed by atoms with E-state index in [9.17, 15) is 5.11 Å². The summed E-state index contributed by atoms with van der Waals surface area (Å²) in [5.41, 5.74) is 5.95. The first-order valence-corrected chi connectivity index (χ1v) is 6.56. The van der Waals surface area contributed by atoms with Crippen molar-refractivity contribution in [3.8, 4) is 11.5 Å². The number of aliphatic hydroxyl groups is 1. The molecule has 0 radical (unpaired) electrons. The van der Waals surface area contributed by atoms with Crippen LogP contribution < -0.4 is 15.2 Å². The maximum Gasteiger partial charge on any atom is 0.127 e. The summed E-state index contributed by atoms with van der Waals surface area (Å²) in [6.07, 6.45) is 0. The predicted molar refractivity (Wildman–Crippen MR) is 76.6 cm³/mol. The minimum absolute atomic E-state index is 0.108. The highest BCUT2D eigenvalue weighted by atomic mass is 16.5. The van der Waals surface area contributed by atoms with Gasteiger partial charge in [-0.2, -0.15) is 0 Å². The van der Waals surface area contributed by atoms with Gasteiger partial charge in [-0.1, -0.05) is 19.9 Å². The maximum absolute atomic E-state index is 10.2. The van der Waals surface area contributed by atoms with Crippen LogP contribution in [0, 0.1) is 5.92 Å². The smallest absolute Gasteiger partial charge is 0.127 e. The number of rotatable bonds is 6. The van der Waals surface area contributed by atoms with Crippen LogP contribution in [0.1, 0.15) is 39.3 Å². The number of hydrogen-bond acceptors (Lipinski definition) is 4. The van der Waals surface area contributed by atoms with Crippen LogP contribution in [-0.4, -0.2) is 24.4 Å². The van der Waals surface area contributed by atoms with Crippen molar-refractivity contribution in [3.63, 3.8) is 0 Å². The van der Waals surface area contributed by atoms with E-state index in [1.807, 2.05) is 32.9 Å². The molecule has 0 amide bonds. The lowest BCUT2D eigenvalue weighted by Gasteiger charge is -2.28. The normalized spacial score (nSPS) is 16.0. The summed E-state index contributed by atoms with van der Waals surface area (Å²) in [6.45, 7) is 7.80. The van der Waals surface area contributed by atoms with Gasteiger partial charge in [0.25, 0.3) is 0 Å². The van der Waals surface area contributed by atoms with Crippen molar-refractivity contribution < 1.29 is 14.6 Å². The average molecular weight is 267 g/mol. The van der Waals surface area contributed by atoms with Crippen LogP contribution in [-0.2, 0) is 0 Å². The van der Waals surface area contributed by atoms with Crippen molar-refractivity contribution in [1.29, 1.82) is 0 Å². The molecule has 2 atom stereocenters. The van der Waals surface area contributed by atoms with Crippen LogP contribution >= 0.6 is 0 Å². The Morgan fingerprint density at radius 3 is 2.42 bits per heavy atom. The molecule has 108 valence electrons. The molecule has 1 unspecified atom stereocenters. The van der Waals surface area contributed by atoms with E-state index >= 15 is 0 Å². The molecule has 3 N–H and O–H groups in total. The zero-order valence-electron chi connectivity index (χ0n) is 12.4. The highest BCUT2D eigenvalue weighted by Crippen LogP contribution is 2.30. The van der Waals surface area contributed by atoms with Gasteiger partial charge < -0.3 is 20.3 Å². The van der Waals surface area contributed by atoms with E-state index in [1.165, 1.54) is 0 Å². The van der Waals surface area contributed by atoms with Crippen LogP contribution in [0.25, 0.3) is 0 Å². The summed E-state index contributed by atoms with van der Waals surface area (Å²) in [5.74, 6) is 1.48. The van der Waals surface area contributed by atoms with Crippen molar-refractivity contribution in [2.75, 3.05) is 13.7 Å². The molecule has 1 aromatic carbocycles. The lowest BCUT2D eigenvalue weighted by atomic mass is 9.93. The zero-order valence-corrected chi connectivity index (χ0v) is 12.4. The Bertz CT molecular complexity index is 414. The van der Waals surface area contributed by atoms with Crippen molar-refractivity contribution in [3.05, 3.63) is 23.8 Å². The summed E-state index contributed by atoms with van der Waals surface area (Å²) in [5, 5.41) is 10.2. The van der Waals surface area contributed by atoms with Crippen molar-refractivity contribution in [2.45, 2.75) is 39.3 Å². The Labute approximate surface area is 115 Å². The second-order valence-electron chi connectivity index (χ2n) is 5.49. The molecule has 0 fully saturated rings. The molecule has 0 saturated heterocycles. The number of hydrogen-bond donors (Lipinski definition) is 2. The van der Waals surface area contributed by atoms with Gasteiger partial charge in [-0.15, -0.1) is 0 Å². The average Bonchev–Trinajstić information content (AvgIpc) is 2.35. The third-order valence-corrected chi connectivity index (χ3v) is 3.47. The number of ether oxygens (including phenoxy) is 2. The standard InChI is InChI=1S/C15H25NO3/c1-10(2)15(4,17)9-19-14-8-12(18-5)6-7-13(14)11(3)16/h6-8,10-11,17H,9,16H2,1-5H3/t11-,15?/m1/s1. The predicted octanol–water partition coefficient (Wildman–Crippen LogP) is 2.50. The third kappa shape index (κ3) is 4.11. The van der Waals surface area contributed by atoms with Crippen LogP contribution in [0.15, 0.2) is 18.2 Å². The number of methoxy groups -OCH3 is 1. The lowest BCUT2D eigenvalue weighted by Crippen LogP contribution is -2.38. The second-order valence-corrected chi connectivity index (χ2v) is 5.49. The minimum atomic E-state index is -0.877. The van der Waals surface area contributed by atoms with Gasteiger partial charge in [-0.3, -0.25) is 0 Å². The summed E-state index contributed by atoms with van der Waals surface area (Å²) in [6, 6.07) is 5.41. The highest BCUT2D eigenvalue weighted by molar-refractivity contribution is 5.42. The fourth-order valence-electron chi connectivity index (χ4n) is 1.53. The first kappa shape index (κ1) is 15.8. The SMILES string of the molecule is COc1ccc([C@@H](C)N)c(OCC(C)(O)C(C)C)c1. The Morgan fingerprint density at radius 2 is 1.95 bits per heavy atom. The van der Waals surface area contributed by atoms with Crippen molar-refractivity contribution in [2.24, 2.45) is 11.7 Å². The van der Waals surface area contributed by atoms with Gasteiger partial charge in [-0.25, -0.2) is 0 Å². The molecule has 4 heteroatoms. The largest absolute Gasteiger partial charge is 0.497 e. The topological polar surface area (TPSA) is 64.7 Å². The Kier molecular flexibility index (Phi) is 5.20. The molecule has 1 aromatic rings. The van der Waals surface area contributed by atoms with Gasteiger partial charge in [0, 0.05) is 17.7 Å². The molecule has 0 bridgehead atoms. The molecule has 0 spiro atoms. The fraction of sp³-hybridized carbons (Fsp3) is 0.600. The fourth-order valence-corrected chi connectivity index (χ4v) is 1.53. The van der Waals surface area contributed by atoms with Gasteiger partial charge in [0.05, 0.1) is 12.7 Å². The lowest BCUT2D eigenvalue weighted by molar-refractivity contribution is -0.0269. The van der Waals surface area contributed by atoms with Crippen LogP contribution in [0.2, 0.25) is 0 Å². The zero-order chi connectivity index (χ0) is 14.6. The molecule has 0 heterocycles. The van der Waals surface area contributed by atoms with Gasteiger partial charge in [0.1, 0.15) is 18.1 Å². The van der Waals surface area contributed by atoms with E-state index in [4.69, 9.17) is 15.2 Å². The van der Waals surface area contributed by atoms with E-state index in [1.54, 1.807) is 20.1 Å². The monoisotopic (exact) mass is 267 g/mol. The second kappa shape index (κ2) is 6.26. The molecular formula is C15H25NO3. The van der Waals surface area contributed by atoms with E-state index in [0.29, 0.717) is 11.5 Å². The number of benzene rings is 1. The Hall–Kier alpha value is -1.26. The Balaban J connectivity index is 2.92. The Morgan fingerprint density at radius 1 is 1.32 bits per heavy atom. The van der Waals surface area contributed by atoms with Gasteiger partial charge in [-0.05, 0) is 25.8 Å². The molecule has 0 aliphatic rings. The molecule has 0 saturated carbocycles. The van der Waals surface area contributed by atoms with Gasteiger partial charge in [0.2, 0.25) is 0 Å². The summed E-state index contributed by atoms with van der Waals surface area (Å²) < 4.78 is 10.9. The third-order valence-electron chi connectivity index (χ3n) is 3.47. The molecular weight excluding hydrogens is 242 g/mol. The van der Waals surface area contributed by atoms with E-state index < -0.39 is 5.60 Å². The first-order chi connectivity index (χ1) is 8.77. The molecule has 19 heavy (non-hydrogen) atoms. The molecule has 4 nitrogen and oxygen atoms in total. The van der Waals surface area contributed by atoms with Crippen LogP contribution in [0.5, 0.6) is 11.5 Å². The van der Waals surface area contributed by atoms with Crippen LogP contribution in [0.4, 0.5) is 0 Å². The number of nitrogens with two attached hydrogens (primary N) is 1. The summed E-state index contributed by atoms with van der Waals surface area (Å²) in [7, 11) is 1.61. The first-order valence-electron chi connectivity index (χ1n) is 6.56. The quantitative estimate of drug-likeness (QED) is 0.831. The van der Waals surface area contributed by atoms with Crippen molar-refractivity contribution >= 4 is 0 Å². The van der Waals surface area contributed by atoms with E-state index in [2.05, 4.69) is 0 Å². The highest BCUT2D eigenvalue weighted by Gasteiger charge is 2.26. The minimum Gasteiger partial charge on any atom is -0.497 e.